The first-order valence-corrected chi connectivity index (χ1v) is 13.9. The van der Waals surface area contributed by atoms with Gasteiger partial charge in [-0.1, -0.05) is 24.3 Å². The molecule has 3 aliphatic rings. The molecule has 2 aliphatic heterocycles. The lowest BCUT2D eigenvalue weighted by Crippen LogP contribution is -2.44. The van der Waals surface area contributed by atoms with Crippen molar-refractivity contribution < 1.29 is 4.79 Å². The largest absolute Gasteiger partial charge is 0.382 e. The van der Waals surface area contributed by atoms with E-state index in [0.29, 0.717) is 12.4 Å². The molecular formula is C30H33N9O. The zero-order valence-electron chi connectivity index (χ0n) is 22.6. The van der Waals surface area contributed by atoms with Gasteiger partial charge in [0, 0.05) is 44.5 Å². The minimum Gasteiger partial charge on any atom is -0.382 e. The van der Waals surface area contributed by atoms with E-state index in [1.54, 1.807) is 22.0 Å². The number of amides is 1. The molecular weight excluding hydrogens is 502 g/mol. The molecule has 0 saturated carbocycles. The van der Waals surface area contributed by atoms with Crippen molar-refractivity contribution in [3.8, 4) is 11.3 Å². The molecule has 204 valence electrons. The van der Waals surface area contributed by atoms with Crippen molar-refractivity contribution >= 4 is 23.2 Å². The number of nitrogen functional groups attached to an aromatic ring is 1. The van der Waals surface area contributed by atoms with Crippen molar-refractivity contribution in [2.75, 3.05) is 35.2 Å². The summed E-state index contributed by atoms with van der Waals surface area (Å²) in [6.07, 6.45) is 10.00. The first kappa shape index (κ1) is 24.7. The molecule has 1 saturated heterocycles. The fraction of sp³-hybridized carbons (Fsp3) is 0.367. The first-order chi connectivity index (χ1) is 19.4. The summed E-state index contributed by atoms with van der Waals surface area (Å²) in [7, 11) is 1.88. The van der Waals surface area contributed by atoms with Gasteiger partial charge >= 0.3 is 0 Å². The van der Waals surface area contributed by atoms with Gasteiger partial charge in [0.15, 0.2) is 11.5 Å². The summed E-state index contributed by atoms with van der Waals surface area (Å²) in [5, 5.41) is 4.24. The molecule has 40 heavy (non-hydrogen) atoms. The zero-order valence-corrected chi connectivity index (χ0v) is 22.6. The maximum absolute atomic E-state index is 13.6. The Hall–Kier alpha value is -4.31. The lowest BCUT2D eigenvalue weighted by atomic mass is 9.73. The molecule has 4 N–H and O–H groups in total. The number of aryl methyl sites for hydroxylation is 2. The third-order valence-electron chi connectivity index (χ3n) is 8.95. The quantitative estimate of drug-likeness (QED) is 0.409. The van der Waals surface area contributed by atoms with E-state index >= 15 is 0 Å². The van der Waals surface area contributed by atoms with E-state index in [9.17, 15) is 4.79 Å². The number of benzene rings is 1. The van der Waals surface area contributed by atoms with Crippen LogP contribution in [0, 0.1) is 5.41 Å². The predicted molar refractivity (Wildman–Crippen MR) is 154 cm³/mol. The van der Waals surface area contributed by atoms with E-state index in [0.717, 1.165) is 67.8 Å². The number of carbonyl (C=O) groups excluding carboxylic acids is 1. The number of fused-ring (bicyclic) bond motifs is 2. The van der Waals surface area contributed by atoms with Gasteiger partial charge < -0.3 is 21.3 Å². The number of pyridine rings is 1. The van der Waals surface area contributed by atoms with Gasteiger partial charge in [0.25, 0.3) is 5.91 Å². The second-order valence-electron chi connectivity index (χ2n) is 11.3. The molecule has 1 aliphatic carbocycles. The van der Waals surface area contributed by atoms with Crippen LogP contribution >= 0.6 is 0 Å². The van der Waals surface area contributed by atoms with E-state index < -0.39 is 0 Å². The highest BCUT2D eigenvalue weighted by Crippen LogP contribution is 2.50. The highest BCUT2D eigenvalue weighted by molar-refractivity contribution is 6.08. The second-order valence-corrected chi connectivity index (χ2v) is 11.3. The third kappa shape index (κ3) is 4.02. The number of nitrogens with zero attached hydrogens (tertiary/aromatic N) is 7. The number of hydrogen-bond acceptors (Lipinski definition) is 8. The van der Waals surface area contributed by atoms with Crippen LogP contribution in [0.25, 0.3) is 11.3 Å². The standard InChI is InChI=1S/C30H33N9O/c1-37-18-20(16-34-37)22-8-9-24-23(35-22)7-4-12-39(24)29(40)26-28(32)36-25(17-33-26)38-13-10-30(11-14-38)15-19-5-2-3-6-21(19)27(30)31/h2-3,5-6,8-9,16-18,27H,4,7,10-15,31H2,1H3,(H2,32,36)/t27-/m1/s1. The molecule has 1 atom stereocenters. The molecule has 10 nitrogen and oxygen atoms in total. The number of anilines is 3. The summed E-state index contributed by atoms with van der Waals surface area (Å²) in [5.74, 6) is 0.607. The Kier molecular flexibility index (Phi) is 5.81. The number of hydrogen-bond donors (Lipinski definition) is 2. The summed E-state index contributed by atoms with van der Waals surface area (Å²) in [6, 6.07) is 12.5. The Morgan fingerprint density at radius 2 is 1.88 bits per heavy atom. The Balaban J connectivity index is 1.07. The molecule has 0 bridgehead atoms. The molecule has 3 aromatic heterocycles. The third-order valence-corrected chi connectivity index (χ3v) is 8.95. The van der Waals surface area contributed by atoms with Crippen LogP contribution in [0.2, 0.25) is 0 Å². The van der Waals surface area contributed by atoms with E-state index in [1.165, 1.54) is 11.1 Å². The fourth-order valence-corrected chi connectivity index (χ4v) is 6.70. The van der Waals surface area contributed by atoms with Gasteiger partial charge in [-0.3, -0.25) is 14.5 Å². The number of piperidine rings is 1. The van der Waals surface area contributed by atoms with Crippen LogP contribution in [0.1, 0.15) is 52.6 Å². The van der Waals surface area contributed by atoms with E-state index in [2.05, 4.69) is 44.2 Å². The van der Waals surface area contributed by atoms with Crippen LogP contribution in [0.3, 0.4) is 0 Å². The lowest BCUT2D eigenvalue weighted by Gasteiger charge is -2.42. The molecule has 0 unspecified atom stereocenters. The Morgan fingerprint density at radius 1 is 1.05 bits per heavy atom. The normalized spacial score (nSPS) is 19.5. The average molecular weight is 536 g/mol. The van der Waals surface area contributed by atoms with Crippen molar-refractivity contribution in [1.82, 2.24) is 24.7 Å². The van der Waals surface area contributed by atoms with Crippen molar-refractivity contribution in [3.63, 3.8) is 0 Å². The SMILES string of the molecule is Cn1cc(-c2ccc3c(n2)CCCN3C(=O)c2ncc(N3CCC4(CC3)Cc3ccccc3[C@H]4N)nc2N)cn1. The zero-order chi connectivity index (χ0) is 27.4. The number of carbonyl (C=O) groups is 1. The van der Waals surface area contributed by atoms with Gasteiger partial charge in [-0.05, 0) is 60.8 Å². The van der Waals surface area contributed by atoms with E-state index in [-0.39, 0.29) is 28.9 Å². The summed E-state index contributed by atoms with van der Waals surface area (Å²) in [6.45, 7) is 2.24. The molecule has 0 radical (unpaired) electrons. The van der Waals surface area contributed by atoms with Crippen molar-refractivity contribution in [1.29, 1.82) is 0 Å². The van der Waals surface area contributed by atoms with Crippen LogP contribution in [0.4, 0.5) is 17.3 Å². The maximum Gasteiger partial charge on any atom is 0.280 e. The van der Waals surface area contributed by atoms with Gasteiger partial charge in [0.2, 0.25) is 0 Å². The van der Waals surface area contributed by atoms with E-state index in [1.807, 2.05) is 25.4 Å². The molecule has 1 amide bonds. The van der Waals surface area contributed by atoms with Gasteiger partial charge in [0.05, 0.1) is 29.5 Å². The predicted octanol–water partition coefficient (Wildman–Crippen LogP) is 3.29. The van der Waals surface area contributed by atoms with Crippen LogP contribution in [0.5, 0.6) is 0 Å². The topological polar surface area (TPSA) is 132 Å². The number of aromatic nitrogens is 5. The second kappa shape index (κ2) is 9.41. The molecule has 1 fully saturated rings. The van der Waals surface area contributed by atoms with Crippen LogP contribution in [-0.4, -0.2) is 50.3 Å². The molecule has 1 aromatic carbocycles. The molecule has 1 spiro atoms. The monoisotopic (exact) mass is 535 g/mol. The summed E-state index contributed by atoms with van der Waals surface area (Å²) in [5.41, 5.74) is 19.5. The van der Waals surface area contributed by atoms with Crippen LogP contribution in [-0.2, 0) is 19.9 Å². The lowest BCUT2D eigenvalue weighted by molar-refractivity contribution is 0.0980. The van der Waals surface area contributed by atoms with Crippen molar-refractivity contribution in [2.24, 2.45) is 18.2 Å². The molecule has 10 heteroatoms. The summed E-state index contributed by atoms with van der Waals surface area (Å²) in [4.78, 5) is 31.6. The van der Waals surface area contributed by atoms with Gasteiger partial charge in [0.1, 0.15) is 5.82 Å². The number of rotatable bonds is 3. The highest BCUT2D eigenvalue weighted by atomic mass is 16.2. The van der Waals surface area contributed by atoms with Gasteiger partial charge in [-0.25, -0.2) is 9.97 Å². The fourth-order valence-electron chi connectivity index (χ4n) is 6.70. The number of nitrogens with two attached hydrogens (primary N) is 2. The highest BCUT2D eigenvalue weighted by Gasteiger charge is 2.46. The minimum absolute atomic E-state index is 0.0596. The Bertz CT molecular complexity index is 1600. The molecule has 5 heterocycles. The first-order valence-electron chi connectivity index (χ1n) is 13.9. The van der Waals surface area contributed by atoms with Crippen LogP contribution < -0.4 is 21.3 Å². The van der Waals surface area contributed by atoms with E-state index in [4.69, 9.17) is 16.5 Å². The molecule has 7 rings (SSSR count). The minimum atomic E-state index is -0.249. The Morgan fingerprint density at radius 3 is 2.62 bits per heavy atom. The smallest absolute Gasteiger partial charge is 0.280 e. The van der Waals surface area contributed by atoms with Crippen LogP contribution in [0.15, 0.2) is 55.0 Å². The summed E-state index contributed by atoms with van der Waals surface area (Å²) < 4.78 is 1.75. The molecule has 4 aromatic rings. The Labute approximate surface area is 233 Å². The van der Waals surface area contributed by atoms with Gasteiger partial charge in [-0.15, -0.1) is 0 Å². The summed E-state index contributed by atoms with van der Waals surface area (Å²) >= 11 is 0. The van der Waals surface area contributed by atoms with Crippen molar-refractivity contribution in [3.05, 3.63) is 77.5 Å². The van der Waals surface area contributed by atoms with Gasteiger partial charge in [-0.2, -0.15) is 5.10 Å². The maximum atomic E-state index is 13.6. The average Bonchev–Trinajstić information content (AvgIpc) is 3.53. The van der Waals surface area contributed by atoms with Crippen molar-refractivity contribution in [2.45, 2.75) is 38.1 Å².